The van der Waals surface area contributed by atoms with Crippen molar-refractivity contribution in [2.75, 3.05) is 0 Å². The first-order valence-electron chi connectivity index (χ1n) is 4.99. The molecule has 0 amide bonds. The van der Waals surface area contributed by atoms with E-state index in [0.29, 0.717) is 0 Å². The van der Waals surface area contributed by atoms with Gasteiger partial charge in [0.05, 0.1) is 10.0 Å². The molecule has 0 saturated heterocycles. The van der Waals surface area contributed by atoms with E-state index in [9.17, 15) is 5.11 Å². The number of aromatic hydroxyl groups is 1. The summed E-state index contributed by atoms with van der Waals surface area (Å²) < 4.78 is 0. The molecule has 1 aromatic rings. The number of phenolic OH excluding ortho intramolecular Hbond substituents is 1. The van der Waals surface area contributed by atoms with Crippen LogP contribution < -0.4 is 5.73 Å². The minimum absolute atomic E-state index is 0. The van der Waals surface area contributed by atoms with Crippen molar-refractivity contribution in [2.45, 2.75) is 32.2 Å². The maximum absolute atomic E-state index is 9.38. The highest BCUT2D eigenvalue weighted by atomic mass is 35.5. The van der Waals surface area contributed by atoms with Gasteiger partial charge in [-0.3, -0.25) is 0 Å². The molecule has 3 N–H and O–H groups in total. The van der Waals surface area contributed by atoms with E-state index in [1.165, 1.54) is 0 Å². The van der Waals surface area contributed by atoms with Gasteiger partial charge in [-0.05, 0) is 24.1 Å². The second-order valence-electron chi connectivity index (χ2n) is 3.58. The van der Waals surface area contributed by atoms with Crippen LogP contribution in [0.15, 0.2) is 12.1 Å². The summed E-state index contributed by atoms with van der Waals surface area (Å²) in [6.07, 6.45) is 3.07. The van der Waals surface area contributed by atoms with Crippen LogP contribution in [0.4, 0.5) is 0 Å². The first kappa shape index (κ1) is 15.9. The normalized spacial score (nSPS) is 12.0. The molecule has 1 aromatic carbocycles. The van der Waals surface area contributed by atoms with Crippen LogP contribution in [-0.4, -0.2) is 5.11 Å². The average molecular weight is 285 g/mol. The van der Waals surface area contributed by atoms with E-state index < -0.39 is 0 Å². The van der Waals surface area contributed by atoms with Gasteiger partial charge < -0.3 is 10.8 Å². The number of hydrogen-bond acceptors (Lipinski definition) is 2. The zero-order chi connectivity index (χ0) is 11.4. The Labute approximate surface area is 112 Å². The topological polar surface area (TPSA) is 46.2 Å². The fourth-order valence-electron chi connectivity index (χ4n) is 1.39. The lowest BCUT2D eigenvalue weighted by atomic mass is 10.0. The van der Waals surface area contributed by atoms with E-state index >= 15 is 0 Å². The molecular weight excluding hydrogens is 268 g/mol. The van der Waals surface area contributed by atoms with Crippen LogP contribution in [0.2, 0.25) is 10.0 Å². The van der Waals surface area contributed by atoms with Crippen LogP contribution in [0.3, 0.4) is 0 Å². The lowest BCUT2D eigenvalue weighted by Gasteiger charge is -2.13. The largest absolute Gasteiger partial charge is 0.505 e. The second-order valence-corrected chi connectivity index (χ2v) is 4.40. The maximum atomic E-state index is 9.38. The summed E-state index contributed by atoms with van der Waals surface area (Å²) in [5.41, 5.74) is 6.84. The summed E-state index contributed by atoms with van der Waals surface area (Å²) in [4.78, 5) is 0. The van der Waals surface area contributed by atoms with Crippen LogP contribution in [-0.2, 0) is 0 Å². The van der Waals surface area contributed by atoms with E-state index in [-0.39, 0.29) is 34.2 Å². The Kier molecular flexibility index (Phi) is 7.16. The number of rotatable bonds is 4. The van der Waals surface area contributed by atoms with E-state index in [1.807, 2.05) is 0 Å². The Morgan fingerprint density at radius 2 is 1.81 bits per heavy atom. The first-order valence-corrected chi connectivity index (χ1v) is 5.75. The minimum atomic E-state index is -0.0789. The van der Waals surface area contributed by atoms with Gasteiger partial charge in [-0.15, -0.1) is 12.4 Å². The van der Waals surface area contributed by atoms with Crippen molar-refractivity contribution in [3.63, 3.8) is 0 Å². The van der Waals surface area contributed by atoms with Gasteiger partial charge in [0.2, 0.25) is 0 Å². The standard InChI is InChI=1S/C11H15Cl2NO.ClH/c1-2-3-4-10(14)7-5-8(12)11(15)9(13)6-7;/h5-6,10,15H,2-4,14H2,1H3;1H/t10-;/m1./s1. The molecule has 16 heavy (non-hydrogen) atoms. The molecule has 92 valence electrons. The molecule has 0 aliphatic heterocycles. The van der Waals surface area contributed by atoms with Gasteiger partial charge in [0.1, 0.15) is 0 Å². The number of benzene rings is 1. The maximum Gasteiger partial charge on any atom is 0.152 e. The predicted molar refractivity (Wildman–Crippen MR) is 71.8 cm³/mol. The highest BCUT2D eigenvalue weighted by Gasteiger charge is 2.11. The summed E-state index contributed by atoms with van der Waals surface area (Å²) in [5, 5.41) is 9.89. The van der Waals surface area contributed by atoms with Crippen molar-refractivity contribution < 1.29 is 5.11 Å². The number of phenols is 1. The molecule has 0 bridgehead atoms. The van der Waals surface area contributed by atoms with Crippen molar-refractivity contribution in [1.82, 2.24) is 0 Å². The number of hydrogen-bond donors (Lipinski definition) is 2. The molecule has 0 radical (unpaired) electrons. The van der Waals surface area contributed by atoms with Crippen molar-refractivity contribution in [3.05, 3.63) is 27.7 Å². The Morgan fingerprint density at radius 3 is 2.25 bits per heavy atom. The zero-order valence-corrected chi connectivity index (χ0v) is 11.4. The third-order valence-electron chi connectivity index (χ3n) is 2.34. The quantitative estimate of drug-likeness (QED) is 0.865. The Bertz CT molecular complexity index is 321. The molecule has 0 aliphatic rings. The summed E-state index contributed by atoms with van der Waals surface area (Å²) in [6, 6.07) is 3.27. The van der Waals surface area contributed by atoms with Gasteiger partial charge in [0, 0.05) is 6.04 Å². The SMILES string of the molecule is CCCC[C@@H](N)c1cc(Cl)c(O)c(Cl)c1.Cl. The molecule has 5 heteroatoms. The highest BCUT2D eigenvalue weighted by Crippen LogP contribution is 2.34. The van der Waals surface area contributed by atoms with Crippen LogP contribution >= 0.6 is 35.6 Å². The fourth-order valence-corrected chi connectivity index (χ4v) is 1.89. The molecule has 0 spiro atoms. The van der Waals surface area contributed by atoms with Gasteiger partial charge in [0.25, 0.3) is 0 Å². The highest BCUT2D eigenvalue weighted by molar-refractivity contribution is 6.37. The van der Waals surface area contributed by atoms with Gasteiger partial charge in [-0.1, -0.05) is 43.0 Å². The van der Waals surface area contributed by atoms with Crippen LogP contribution in [0.5, 0.6) is 5.75 Å². The summed E-state index contributed by atoms with van der Waals surface area (Å²) in [5.74, 6) is -0.0789. The van der Waals surface area contributed by atoms with E-state index in [0.717, 1.165) is 24.8 Å². The van der Waals surface area contributed by atoms with Crippen molar-refractivity contribution in [3.8, 4) is 5.75 Å². The zero-order valence-electron chi connectivity index (χ0n) is 9.04. The predicted octanol–water partition coefficient (Wildman–Crippen LogP) is 4.31. The molecular formula is C11H16Cl3NO. The van der Waals surface area contributed by atoms with Crippen molar-refractivity contribution >= 4 is 35.6 Å². The average Bonchev–Trinajstić information content (AvgIpc) is 2.21. The van der Waals surface area contributed by atoms with Gasteiger partial charge in [-0.2, -0.15) is 0 Å². The van der Waals surface area contributed by atoms with Crippen LogP contribution in [0, 0.1) is 0 Å². The third-order valence-corrected chi connectivity index (χ3v) is 2.91. The molecule has 0 heterocycles. The molecule has 1 rings (SSSR count). The lowest BCUT2D eigenvalue weighted by molar-refractivity contribution is 0.475. The van der Waals surface area contributed by atoms with Crippen LogP contribution in [0.25, 0.3) is 0 Å². The fraction of sp³-hybridized carbons (Fsp3) is 0.455. The third kappa shape index (κ3) is 4.02. The monoisotopic (exact) mass is 283 g/mol. The molecule has 0 fully saturated rings. The first-order chi connectivity index (χ1) is 7.06. The summed E-state index contributed by atoms with van der Waals surface area (Å²) in [6.45, 7) is 2.11. The molecule has 1 atom stereocenters. The summed E-state index contributed by atoms with van der Waals surface area (Å²) in [7, 11) is 0. The van der Waals surface area contributed by atoms with Crippen molar-refractivity contribution in [2.24, 2.45) is 5.73 Å². The molecule has 0 aliphatic carbocycles. The Balaban J connectivity index is 0.00000225. The Hall–Kier alpha value is -0.150. The molecule has 0 aromatic heterocycles. The summed E-state index contributed by atoms with van der Waals surface area (Å²) >= 11 is 11.6. The molecule has 2 nitrogen and oxygen atoms in total. The Morgan fingerprint density at radius 1 is 1.31 bits per heavy atom. The number of halogens is 3. The van der Waals surface area contributed by atoms with Gasteiger partial charge >= 0.3 is 0 Å². The smallest absolute Gasteiger partial charge is 0.152 e. The van der Waals surface area contributed by atoms with Gasteiger partial charge in [-0.25, -0.2) is 0 Å². The van der Waals surface area contributed by atoms with Crippen molar-refractivity contribution in [1.29, 1.82) is 0 Å². The van der Waals surface area contributed by atoms with E-state index in [1.54, 1.807) is 12.1 Å². The van der Waals surface area contributed by atoms with E-state index in [2.05, 4.69) is 6.92 Å². The second kappa shape index (κ2) is 7.23. The van der Waals surface area contributed by atoms with E-state index in [4.69, 9.17) is 28.9 Å². The van der Waals surface area contributed by atoms with Crippen LogP contribution in [0.1, 0.15) is 37.8 Å². The minimum Gasteiger partial charge on any atom is -0.505 e. The number of unbranched alkanes of at least 4 members (excludes halogenated alkanes) is 1. The number of nitrogens with two attached hydrogens (primary N) is 1. The molecule has 0 saturated carbocycles. The van der Waals surface area contributed by atoms with Gasteiger partial charge in [0.15, 0.2) is 5.75 Å². The molecule has 0 unspecified atom stereocenters. The lowest BCUT2D eigenvalue weighted by Crippen LogP contribution is -2.09.